The first kappa shape index (κ1) is 21.4. The Kier molecular flexibility index (Phi) is 6.96. The van der Waals surface area contributed by atoms with Crippen LogP contribution in [0, 0.1) is 19.8 Å². The Morgan fingerprint density at radius 2 is 1.86 bits per heavy atom. The van der Waals surface area contributed by atoms with E-state index in [9.17, 15) is 4.79 Å². The van der Waals surface area contributed by atoms with Gasteiger partial charge in [-0.25, -0.2) is 0 Å². The summed E-state index contributed by atoms with van der Waals surface area (Å²) < 4.78 is 12.1. The second-order valence-electron chi connectivity index (χ2n) is 8.30. The largest absolute Gasteiger partial charge is 0.488 e. The van der Waals surface area contributed by atoms with Crippen molar-refractivity contribution in [3.63, 3.8) is 0 Å². The van der Waals surface area contributed by atoms with E-state index in [4.69, 9.17) is 9.47 Å². The number of carbonyl (C=O) groups is 1. The molecule has 1 aliphatic carbocycles. The molecule has 0 heterocycles. The Balaban J connectivity index is 1.73. The van der Waals surface area contributed by atoms with Crippen molar-refractivity contribution >= 4 is 11.6 Å². The molecule has 1 aliphatic rings. The topological polar surface area (TPSA) is 47.6 Å². The fraction of sp³-hybridized carbons (Fsp3) is 0.480. The van der Waals surface area contributed by atoms with Gasteiger partial charge in [-0.1, -0.05) is 43.7 Å². The van der Waals surface area contributed by atoms with Crippen molar-refractivity contribution in [2.24, 2.45) is 5.92 Å². The Labute approximate surface area is 174 Å². The maximum Gasteiger partial charge on any atom is 0.256 e. The van der Waals surface area contributed by atoms with Gasteiger partial charge in [0.2, 0.25) is 0 Å². The number of carbonyl (C=O) groups excluding carboxylic acids is 1. The van der Waals surface area contributed by atoms with Crippen molar-refractivity contribution in [1.82, 2.24) is 0 Å². The number of ether oxygens (including phenoxy) is 2. The molecule has 0 radical (unpaired) electrons. The zero-order valence-electron chi connectivity index (χ0n) is 18.1. The molecule has 156 valence electrons. The van der Waals surface area contributed by atoms with E-state index in [1.807, 2.05) is 51.1 Å². The van der Waals surface area contributed by atoms with Crippen LogP contribution in [0.3, 0.4) is 0 Å². The maximum absolute atomic E-state index is 13.2. The van der Waals surface area contributed by atoms with Crippen LogP contribution in [0.15, 0.2) is 42.5 Å². The zero-order valence-corrected chi connectivity index (χ0v) is 18.1. The average Bonchev–Trinajstić information content (AvgIpc) is 2.68. The molecule has 1 saturated carbocycles. The molecule has 2 aromatic rings. The summed E-state index contributed by atoms with van der Waals surface area (Å²) in [6.07, 6.45) is 3.75. The fourth-order valence-electron chi connectivity index (χ4n) is 4.41. The molecule has 1 N–H and O–H groups in total. The van der Waals surface area contributed by atoms with Crippen LogP contribution in [0.25, 0.3) is 0 Å². The summed E-state index contributed by atoms with van der Waals surface area (Å²) in [5.41, 5.74) is 3.25. The number of aryl methyl sites for hydroxylation is 2. The lowest BCUT2D eigenvalue weighted by Gasteiger charge is -2.38. The van der Waals surface area contributed by atoms with Crippen LogP contribution in [0.1, 0.15) is 56.2 Å². The SMILES string of the molecule is CCO[C@]1(C(=O)Nc2cc(C)c(OCc3ccccc3)c(C)c2)CCC[C@@H](C)C1. The highest BCUT2D eigenvalue weighted by Crippen LogP contribution is 2.37. The first-order valence-electron chi connectivity index (χ1n) is 10.7. The van der Waals surface area contributed by atoms with Crippen LogP contribution in [-0.2, 0) is 16.1 Å². The quantitative estimate of drug-likeness (QED) is 0.644. The normalized spacial score (nSPS) is 21.6. The van der Waals surface area contributed by atoms with Crippen molar-refractivity contribution in [2.45, 2.75) is 65.6 Å². The standard InChI is InChI=1S/C25H33NO3/c1-5-29-25(13-9-10-18(2)16-25)24(27)26-22-14-19(3)23(20(4)15-22)28-17-21-11-7-6-8-12-21/h6-8,11-12,14-15,18H,5,9-10,13,16-17H2,1-4H3,(H,26,27)/t18-,25-/m1/s1. The lowest BCUT2D eigenvalue weighted by Crippen LogP contribution is -2.48. The van der Waals surface area contributed by atoms with Crippen LogP contribution >= 0.6 is 0 Å². The predicted octanol–water partition coefficient (Wildman–Crippen LogP) is 5.81. The number of hydrogen-bond donors (Lipinski definition) is 1. The van der Waals surface area contributed by atoms with Crippen LogP contribution in [0.4, 0.5) is 5.69 Å². The third-order valence-corrected chi connectivity index (χ3v) is 5.73. The van der Waals surface area contributed by atoms with Crippen LogP contribution in [-0.4, -0.2) is 18.1 Å². The average molecular weight is 396 g/mol. The summed E-state index contributed by atoms with van der Waals surface area (Å²) in [4.78, 5) is 13.2. The molecule has 0 saturated heterocycles. The number of benzene rings is 2. The summed E-state index contributed by atoms with van der Waals surface area (Å²) >= 11 is 0. The third kappa shape index (κ3) is 5.18. The van der Waals surface area contributed by atoms with Crippen molar-refractivity contribution < 1.29 is 14.3 Å². The number of amides is 1. The van der Waals surface area contributed by atoms with E-state index in [1.165, 1.54) is 0 Å². The molecule has 29 heavy (non-hydrogen) atoms. The minimum Gasteiger partial charge on any atom is -0.488 e. The van der Waals surface area contributed by atoms with Gasteiger partial charge in [-0.2, -0.15) is 0 Å². The predicted molar refractivity (Wildman–Crippen MR) is 117 cm³/mol. The molecule has 1 fully saturated rings. The van der Waals surface area contributed by atoms with E-state index in [0.717, 1.165) is 53.8 Å². The van der Waals surface area contributed by atoms with Gasteiger partial charge in [-0.05, 0) is 74.8 Å². The van der Waals surface area contributed by atoms with E-state index in [0.29, 0.717) is 19.1 Å². The molecular weight excluding hydrogens is 362 g/mol. The van der Waals surface area contributed by atoms with E-state index >= 15 is 0 Å². The molecule has 2 aromatic carbocycles. The second-order valence-corrected chi connectivity index (χ2v) is 8.30. The highest BCUT2D eigenvalue weighted by atomic mass is 16.5. The number of hydrogen-bond acceptors (Lipinski definition) is 3. The summed E-state index contributed by atoms with van der Waals surface area (Å²) in [6.45, 7) is 9.27. The molecule has 2 atom stereocenters. The molecule has 0 aliphatic heterocycles. The molecule has 0 spiro atoms. The molecular formula is C25H33NO3. The Hall–Kier alpha value is -2.33. The maximum atomic E-state index is 13.2. The molecule has 1 amide bonds. The number of nitrogens with one attached hydrogen (secondary N) is 1. The van der Waals surface area contributed by atoms with Crippen LogP contribution in [0.5, 0.6) is 5.75 Å². The van der Waals surface area contributed by atoms with E-state index in [2.05, 4.69) is 24.4 Å². The summed E-state index contributed by atoms with van der Waals surface area (Å²) in [6, 6.07) is 14.1. The van der Waals surface area contributed by atoms with E-state index in [-0.39, 0.29) is 5.91 Å². The number of anilines is 1. The van der Waals surface area contributed by atoms with Gasteiger partial charge in [-0.15, -0.1) is 0 Å². The minimum atomic E-state index is -0.712. The van der Waals surface area contributed by atoms with Gasteiger partial charge in [-0.3, -0.25) is 4.79 Å². The van der Waals surface area contributed by atoms with E-state index in [1.54, 1.807) is 0 Å². The second kappa shape index (κ2) is 9.45. The van der Waals surface area contributed by atoms with Gasteiger partial charge >= 0.3 is 0 Å². The molecule has 0 aromatic heterocycles. The third-order valence-electron chi connectivity index (χ3n) is 5.73. The molecule has 0 bridgehead atoms. The van der Waals surface area contributed by atoms with Gasteiger partial charge in [0.1, 0.15) is 18.0 Å². The highest BCUT2D eigenvalue weighted by molar-refractivity contribution is 5.97. The van der Waals surface area contributed by atoms with Gasteiger partial charge in [0.25, 0.3) is 5.91 Å². The lowest BCUT2D eigenvalue weighted by molar-refractivity contribution is -0.147. The lowest BCUT2D eigenvalue weighted by atomic mass is 9.78. The molecule has 4 heteroatoms. The fourth-order valence-corrected chi connectivity index (χ4v) is 4.41. The van der Waals surface area contributed by atoms with E-state index < -0.39 is 5.60 Å². The summed E-state index contributed by atoms with van der Waals surface area (Å²) in [7, 11) is 0. The number of rotatable bonds is 7. The monoisotopic (exact) mass is 395 g/mol. The van der Waals surface area contributed by atoms with Gasteiger partial charge < -0.3 is 14.8 Å². The van der Waals surface area contributed by atoms with Crippen molar-refractivity contribution in [3.05, 3.63) is 59.2 Å². The summed E-state index contributed by atoms with van der Waals surface area (Å²) in [5, 5.41) is 3.12. The molecule has 0 unspecified atom stereocenters. The highest BCUT2D eigenvalue weighted by Gasteiger charge is 2.42. The Morgan fingerprint density at radius 1 is 1.17 bits per heavy atom. The van der Waals surface area contributed by atoms with Gasteiger partial charge in [0, 0.05) is 12.3 Å². The molecule has 4 nitrogen and oxygen atoms in total. The Bertz CT molecular complexity index is 806. The van der Waals surface area contributed by atoms with Crippen molar-refractivity contribution in [1.29, 1.82) is 0 Å². The zero-order chi connectivity index (χ0) is 20.9. The minimum absolute atomic E-state index is 0.0253. The molecule has 3 rings (SSSR count). The van der Waals surface area contributed by atoms with Crippen molar-refractivity contribution in [3.8, 4) is 5.75 Å². The first-order valence-corrected chi connectivity index (χ1v) is 10.7. The van der Waals surface area contributed by atoms with Gasteiger partial charge in [0.15, 0.2) is 0 Å². The Morgan fingerprint density at radius 3 is 2.48 bits per heavy atom. The van der Waals surface area contributed by atoms with Crippen LogP contribution < -0.4 is 10.1 Å². The van der Waals surface area contributed by atoms with Crippen LogP contribution in [0.2, 0.25) is 0 Å². The summed E-state index contributed by atoms with van der Waals surface area (Å²) in [5.74, 6) is 1.35. The van der Waals surface area contributed by atoms with Gasteiger partial charge in [0.05, 0.1) is 0 Å². The smallest absolute Gasteiger partial charge is 0.256 e. The van der Waals surface area contributed by atoms with Crippen molar-refractivity contribution in [2.75, 3.05) is 11.9 Å². The first-order chi connectivity index (χ1) is 13.9.